The van der Waals surface area contributed by atoms with Crippen molar-refractivity contribution in [2.75, 3.05) is 20.2 Å². The summed E-state index contributed by atoms with van der Waals surface area (Å²) in [5.74, 6) is 1.01. The fraction of sp³-hybridized carbons (Fsp3) is 0.500. The summed E-state index contributed by atoms with van der Waals surface area (Å²) in [7, 11) is 1.81. The molecule has 2 aromatic rings. The molecular weight excluding hydrogens is 318 g/mol. The molecule has 4 heteroatoms. The predicted octanol–water partition coefficient (Wildman–Crippen LogP) is 4.89. The number of hydrogen-bond donors (Lipinski definition) is 0. The van der Waals surface area contributed by atoms with Crippen LogP contribution < -0.4 is 4.74 Å². The van der Waals surface area contributed by atoms with E-state index in [4.69, 9.17) is 9.47 Å². The molecule has 24 heavy (non-hydrogen) atoms. The van der Waals surface area contributed by atoms with Gasteiger partial charge in [-0.1, -0.05) is 12.1 Å². The van der Waals surface area contributed by atoms with E-state index >= 15 is 0 Å². The molecule has 1 aliphatic carbocycles. The van der Waals surface area contributed by atoms with E-state index in [-0.39, 0.29) is 0 Å². The second-order valence-electron chi connectivity index (χ2n) is 6.82. The zero-order valence-corrected chi connectivity index (χ0v) is 15.1. The van der Waals surface area contributed by atoms with Crippen LogP contribution in [-0.2, 0) is 4.74 Å². The highest BCUT2D eigenvalue weighted by molar-refractivity contribution is 7.97. The van der Waals surface area contributed by atoms with E-state index in [2.05, 4.69) is 40.7 Å². The fourth-order valence-corrected chi connectivity index (χ4v) is 4.70. The van der Waals surface area contributed by atoms with Gasteiger partial charge in [0.2, 0.25) is 0 Å². The first-order valence-electron chi connectivity index (χ1n) is 8.96. The van der Waals surface area contributed by atoms with Crippen LogP contribution in [0.3, 0.4) is 0 Å². The number of hydrogen-bond acceptors (Lipinski definition) is 4. The molecule has 1 heterocycles. The Kier molecular flexibility index (Phi) is 4.97. The molecule has 1 saturated heterocycles. The zero-order chi connectivity index (χ0) is 16.4. The number of nitrogens with zero attached hydrogens (tertiary/aromatic N) is 1. The quantitative estimate of drug-likeness (QED) is 0.721. The number of rotatable bonds is 5. The van der Waals surface area contributed by atoms with Crippen LogP contribution in [0.25, 0.3) is 10.8 Å². The molecule has 0 N–H and O–H groups in total. The Labute approximate surface area is 148 Å². The molecule has 1 atom stereocenters. The summed E-state index contributed by atoms with van der Waals surface area (Å²) < 4.78 is 14.0. The van der Waals surface area contributed by atoms with Crippen LogP contribution in [0.5, 0.6) is 5.75 Å². The number of fused-ring (bicyclic) bond motifs is 1. The Balaban J connectivity index is 1.45. The van der Waals surface area contributed by atoms with Crippen molar-refractivity contribution in [2.24, 2.45) is 0 Å². The van der Waals surface area contributed by atoms with Gasteiger partial charge in [0.1, 0.15) is 5.75 Å². The fourth-order valence-electron chi connectivity index (χ4n) is 3.65. The van der Waals surface area contributed by atoms with Gasteiger partial charge in [-0.3, -0.25) is 0 Å². The molecule has 2 fully saturated rings. The van der Waals surface area contributed by atoms with E-state index < -0.39 is 0 Å². The van der Waals surface area contributed by atoms with Crippen LogP contribution in [-0.4, -0.2) is 36.7 Å². The maximum Gasteiger partial charge on any atom is 0.120 e. The monoisotopic (exact) mass is 343 g/mol. The van der Waals surface area contributed by atoms with Crippen LogP contribution in [0.4, 0.5) is 0 Å². The van der Waals surface area contributed by atoms with Gasteiger partial charge in [0.05, 0.1) is 12.2 Å². The molecule has 3 nitrogen and oxygen atoms in total. The highest BCUT2D eigenvalue weighted by Crippen LogP contribution is 2.32. The molecule has 0 radical (unpaired) electrons. The molecule has 4 rings (SSSR count). The molecule has 0 spiro atoms. The minimum Gasteiger partial charge on any atom is -0.490 e. The second kappa shape index (κ2) is 7.34. The first kappa shape index (κ1) is 16.2. The van der Waals surface area contributed by atoms with Crippen molar-refractivity contribution in [1.82, 2.24) is 4.31 Å². The Morgan fingerprint density at radius 1 is 0.958 bits per heavy atom. The molecule has 1 aliphatic heterocycles. The first-order valence-corrected chi connectivity index (χ1v) is 9.74. The lowest BCUT2D eigenvalue weighted by Crippen LogP contribution is -2.15. The summed E-state index contributed by atoms with van der Waals surface area (Å²) in [6.07, 6.45) is 6.93. The normalized spacial score (nSPS) is 22.5. The summed E-state index contributed by atoms with van der Waals surface area (Å²) >= 11 is 1.84. The lowest BCUT2D eigenvalue weighted by atomic mass is 10.1. The van der Waals surface area contributed by atoms with E-state index in [9.17, 15) is 0 Å². The number of methoxy groups -OCH3 is 1. The molecule has 0 bridgehead atoms. The summed E-state index contributed by atoms with van der Waals surface area (Å²) in [4.78, 5) is 1.30. The molecular formula is C20H25NO2S. The smallest absolute Gasteiger partial charge is 0.120 e. The van der Waals surface area contributed by atoms with Crippen molar-refractivity contribution >= 4 is 22.7 Å². The largest absolute Gasteiger partial charge is 0.490 e. The highest BCUT2D eigenvalue weighted by Gasteiger charge is 2.22. The Morgan fingerprint density at radius 3 is 2.54 bits per heavy atom. The SMILES string of the molecule is COC1CCN(Sc2ccc3cc(OC4CCCC4)ccc3c2)C1. The van der Waals surface area contributed by atoms with Gasteiger partial charge in [0.15, 0.2) is 0 Å². The molecule has 2 aromatic carbocycles. The van der Waals surface area contributed by atoms with Gasteiger partial charge in [-0.25, -0.2) is 4.31 Å². The Bertz CT molecular complexity index is 699. The Hall–Kier alpha value is -1.23. The minimum absolute atomic E-state index is 0.383. The van der Waals surface area contributed by atoms with Gasteiger partial charge in [0, 0.05) is 25.1 Å². The number of benzene rings is 2. The van der Waals surface area contributed by atoms with Gasteiger partial charge >= 0.3 is 0 Å². The number of ether oxygens (including phenoxy) is 2. The average Bonchev–Trinajstić information content (AvgIpc) is 3.27. The van der Waals surface area contributed by atoms with E-state index in [1.54, 1.807) is 7.11 Å². The maximum absolute atomic E-state index is 6.12. The summed E-state index contributed by atoms with van der Waals surface area (Å²) in [6.45, 7) is 2.10. The van der Waals surface area contributed by atoms with Crippen LogP contribution >= 0.6 is 11.9 Å². The molecule has 1 unspecified atom stereocenters. The summed E-state index contributed by atoms with van der Waals surface area (Å²) in [5.41, 5.74) is 0. The van der Waals surface area contributed by atoms with E-state index in [0.29, 0.717) is 12.2 Å². The van der Waals surface area contributed by atoms with E-state index in [1.165, 1.54) is 41.4 Å². The summed E-state index contributed by atoms with van der Waals surface area (Å²) in [6, 6.07) is 13.2. The van der Waals surface area contributed by atoms with Gasteiger partial charge < -0.3 is 9.47 Å². The average molecular weight is 343 g/mol. The molecule has 2 aliphatic rings. The second-order valence-corrected chi connectivity index (χ2v) is 7.99. The third-order valence-corrected chi connectivity index (χ3v) is 6.12. The van der Waals surface area contributed by atoms with E-state index in [1.807, 2.05) is 11.9 Å². The van der Waals surface area contributed by atoms with E-state index in [0.717, 1.165) is 25.3 Å². The van der Waals surface area contributed by atoms with Crippen molar-refractivity contribution in [3.05, 3.63) is 36.4 Å². The van der Waals surface area contributed by atoms with Crippen LogP contribution in [0.15, 0.2) is 41.3 Å². The topological polar surface area (TPSA) is 21.7 Å². The summed E-state index contributed by atoms with van der Waals surface area (Å²) in [5, 5.41) is 2.53. The van der Waals surface area contributed by atoms with Gasteiger partial charge in [-0.15, -0.1) is 0 Å². The van der Waals surface area contributed by atoms with Gasteiger partial charge in [-0.2, -0.15) is 0 Å². The molecule has 128 valence electrons. The van der Waals surface area contributed by atoms with Crippen molar-refractivity contribution in [1.29, 1.82) is 0 Å². The minimum atomic E-state index is 0.383. The van der Waals surface area contributed by atoms with Crippen LogP contribution in [0.1, 0.15) is 32.1 Å². The van der Waals surface area contributed by atoms with Crippen molar-refractivity contribution in [3.63, 3.8) is 0 Å². The van der Waals surface area contributed by atoms with Crippen LogP contribution in [0, 0.1) is 0 Å². The Morgan fingerprint density at radius 2 is 1.75 bits per heavy atom. The molecule has 0 aromatic heterocycles. The highest BCUT2D eigenvalue weighted by atomic mass is 32.2. The van der Waals surface area contributed by atoms with Crippen LogP contribution in [0.2, 0.25) is 0 Å². The van der Waals surface area contributed by atoms with Crippen molar-refractivity contribution in [2.45, 2.75) is 49.2 Å². The predicted molar refractivity (Wildman–Crippen MR) is 99.7 cm³/mol. The van der Waals surface area contributed by atoms with Crippen molar-refractivity contribution in [3.8, 4) is 5.75 Å². The standard InChI is InChI=1S/C20H25NO2S/c1-22-19-10-11-21(14-19)24-20-9-7-15-12-18(8-6-16(15)13-20)23-17-4-2-3-5-17/h6-9,12-13,17,19H,2-5,10-11,14H2,1H3. The third-order valence-electron chi connectivity index (χ3n) is 5.06. The third kappa shape index (κ3) is 3.71. The zero-order valence-electron chi connectivity index (χ0n) is 14.2. The molecule has 0 amide bonds. The first-order chi connectivity index (χ1) is 11.8. The van der Waals surface area contributed by atoms with Crippen molar-refractivity contribution < 1.29 is 9.47 Å². The molecule has 1 saturated carbocycles. The maximum atomic E-state index is 6.12. The van der Waals surface area contributed by atoms with Gasteiger partial charge in [0.25, 0.3) is 0 Å². The van der Waals surface area contributed by atoms with Gasteiger partial charge in [-0.05, 0) is 79.1 Å². The lowest BCUT2D eigenvalue weighted by Gasteiger charge is -2.15. The lowest BCUT2D eigenvalue weighted by molar-refractivity contribution is 0.115.